The SMILES string of the molecule is CCCCCCCCNCC1CCCC1C(=O)O. The molecule has 1 aliphatic rings. The summed E-state index contributed by atoms with van der Waals surface area (Å²) in [7, 11) is 0. The van der Waals surface area contributed by atoms with E-state index >= 15 is 0 Å². The van der Waals surface area contributed by atoms with Crippen LogP contribution in [0.5, 0.6) is 0 Å². The molecule has 1 saturated carbocycles. The van der Waals surface area contributed by atoms with Gasteiger partial charge >= 0.3 is 5.97 Å². The van der Waals surface area contributed by atoms with Crippen molar-refractivity contribution in [3.05, 3.63) is 0 Å². The minimum atomic E-state index is -0.598. The molecule has 2 atom stereocenters. The van der Waals surface area contributed by atoms with Crippen molar-refractivity contribution in [2.24, 2.45) is 11.8 Å². The number of nitrogens with one attached hydrogen (secondary N) is 1. The van der Waals surface area contributed by atoms with E-state index < -0.39 is 5.97 Å². The van der Waals surface area contributed by atoms with Gasteiger partial charge in [0.1, 0.15) is 0 Å². The Labute approximate surface area is 111 Å². The number of aliphatic carboxylic acids is 1. The first-order valence-corrected chi connectivity index (χ1v) is 7.69. The zero-order chi connectivity index (χ0) is 13.2. The Hall–Kier alpha value is -0.570. The zero-order valence-electron chi connectivity index (χ0n) is 11.8. The number of hydrogen-bond acceptors (Lipinski definition) is 2. The fourth-order valence-electron chi connectivity index (χ4n) is 2.92. The van der Waals surface area contributed by atoms with E-state index in [1.54, 1.807) is 0 Å². The van der Waals surface area contributed by atoms with Crippen LogP contribution in [0.3, 0.4) is 0 Å². The summed E-state index contributed by atoms with van der Waals surface area (Å²) in [5, 5.41) is 12.5. The highest BCUT2D eigenvalue weighted by Crippen LogP contribution is 2.31. The molecule has 0 spiro atoms. The van der Waals surface area contributed by atoms with Crippen molar-refractivity contribution in [3.63, 3.8) is 0 Å². The van der Waals surface area contributed by atoms with Gasteiger partial charge in [0.25, 0.3) is 0 Å². The van der Waals surface area contributed by atoms with Crippen LogP contribution in [0.1, 0.15) is 64.7 Å². The van der Waals surface area contributed by atoms with Crippen molar-refractivity contribution in [1.82, 2.24) is 5.32 Å². The Morgan fingerprint density at radius 2 is 1.89 bits per heavy atom. The van der Waals surface area contributed by atoms with Crippen LogP contribution in [0, 0.1) is 11.8 Å². The van der Waals surface area contributed by atoms with Crippen molar-refractivity contribution in [1.29, 1.82) is 0 Å². The minimum absolute atomic E-state index is 0.0953. The molecule has 1 aliphatic carbocycles. The second-order valence-electron chi connectivity index (χ2n) is 5.61. The molecule has 0 heterocycles. The van der Waals surface area contributed by atoms with Crippen LogP contribution in [0.2, 0.25) is 0 Å². The summed E-state index contributed by atoms with van der Waals surface area (Å²) in [6, 6.07) is 0. The molecule has 18 heavy (non-hydrogen) atoms. The minimum Gasteiger partial charge on any atom is -0.481 e. The van der Waals surface area contributed by atoms with E-state index in [9.17, 15) is 4.79 Å². The summed E-state index contributed by atoms with van der Waals surface area (Å²) in [5.74, 6) is -0.330. The topological polar surface area (TPSA) is 49.3 Å². The summed E-state index contributed by atoms with van der Waals surface area (Å²) in [4.78, 5) is 11.0. The summed E-state index contributed by atoms with van der Waals surface area (Å²) in [6.45, 7) is 4.18. The maximum absolute atomic E-state index is 11.0. The Balaban J connectivity index is 1.96. The number of carboxylic acid groups (broad SMARTS) is 1. The lowest BCUT2D eigenvalue weighted by Crippen LogP contribution is -2.29. The Kier molecular flexibility index (Phi) is 8.06. The van der Waals surface area contributed by atoms with E-state index in [1.165, 1.54) is 38.5 Å². The lowest BCUT2D eigenvalue weighted by atomic mass is 9.96. The lowest BCUT2D eigenvalue weighted by Gasteiger charge is -2.16. The third-order valence-electron chi connectivity index (χ3n) is 4.09. The van der Waals surface area contributed by atoms with Crippen molar-refractivity contribution in [2.75, 3.05) is 13.1 Å². The van der Waals surface area contributed by atoms with Gasteiger partial charge in [0.15, 0.2) is 0 Å². The summed E-state index contributed by atoms with van der Waals surface area (Å²) in [5.41, 5.74) is 0. The van der Waals surface area contributed by atoms with Gasteiger partial charge in [-0.25, -0.2) is 0 Å². The Morgan fingerprint density at radius 3 is 2.61 bits per heavy atom. The van der Waals surface area contributed by atoms with Crippen LogP contribution in [0.4, 0.5) is 0 Å². The lowest BCUT2D eigenvalue weighted by molar-refractivity contribution is -0.142. The highest BCUT2D eigenvalue weighted by atomic mass is 16.4. The van der Waals surface area contributed by atoms with E-state index in [4.69, 9.17) is 5.11 Å². The standard InChI is InChI=1S/C15H29NO2/c1-2-3-4-5-6-7-11-16-12-13-9-8-10-14(13)15(17)18/h13-14,16H,2-12H2,1H3,(H,17,18). The number of rotatable bonds is 10. The molecule has 0 saturated heterocycles. The molecule has 0 aromatic carbocycles. The van der Waals surface area contributed by atoms with Gasteiger partial charge < -0.3 is 10.4 Å². The van der Waals surface area contributed by atoms with Gasteiger partial charge in [-0.2, -0.15) is 0 Å². The van der Waals surface area contributed by atoms with Gasteiger partial charge in [0.2, 0.25) is 0 Å². The molecule has 0 aromatic rings. The van der Waals surface area contributed by atoms with Crippen LogP contribution in [-0.4, -0.2) is 24.2 Å². The van der Waals surface area contributed by atoms with Gasteiger partial charge in [0.05, 0.1) is 5.92 Å². The Morgan fingerprint density at radius 1 is 1.17 bits per heavy atom. The first kappa shape index (κ1) is 15.5. The second kappa shape index (κ2) is 9.37. The van der Waals surface area contributed by atoms with Gasteiger partial charge in [0, 0.05) is 0 Å². The molecule has 0 aliphatic heterocycles. The smallest absolute Gasteiger partial charge is 0.306 e. The first-order valence-electron chi connectivity index (χ1n) is 7.69. The fraction of sp³-hybridized carbons (Fsp3) is 0.933. The number of carbonyl (C=O) groups is 1. The van der Waals surface area contributed by atoms with Gasteiger partial charge in [-0.15, -0.1) is 0 Å². The summed E-state index contributed by atoms with van der Waals surface area (Å²) in [6.07, 6.45) is 10.9. The molecular weight excluding hydrogens is 226 g/mol. The summed E-state index contributed by atoms with van der Waals surface area (Å²) < 4.78 is 0. The first-order chi connectivity index (χ1) is 8.75. The quantitative estimate of drug-likeness (QED) is 0.588. The largest absolute Gasteiger partial charge is 0.481 e. The van der Waals surface area contributed by atoms with E-state index in [-0.39, 0.29) is 5.92 Å². The molecule has 2 unspecified atom stereocenters. The van der Waals surface area contributed by atoms with Crippen LogP contribution in [0.15, 0.2) is 0 Å². The zero-order valence-corrected chi connectivity index (χ0v) is 11.8. The summed E-state index contributed by atoms with van der Waals surface area (Å²) >= 11 is 0. The molecule has 0 radical (unpaired) electrons. The number of hydrogen-bond donors (Lipinski definition) is 2. The molecule has 2 N–H and O–H groups in total. The monoisotopic (exact) mass is 255 g/mol. The average Bonchev–Trinajstić information content (AvgIpc) is 2.81. The normalized spacial score (nSPS) is 23.4. The third-order valence-corrected chi connectivity index (χ3v) is 4.09. The molecule has 0 amide bonds. The molecule has 3 heteroatoms. The fourth-order valence-corrected chi connectivity index (χ4v) is 2.92. The average molecular weight is 255 g/mol. The van der Waals surface area contributed by atoms with E-state index in [0.717, 1.165) is 32.4 Å². The third kappa shape index (κ3) is 5.85. The van der Waals surface area contributed by atoms with Crippen molar-refractivity contribution in [3.8, 4) is 0 Å². The predicted molar refractivity (Wildman–Crippen MR) is 74.7 cm³/mol. The van der Waals surface area contributed by atoms with Gasteiger partial charge in [-0.3, -0.25) is 4.79 Å². The molecule has 1 fully saturated rings. The molecule has 106 valence electrons. The van der Waals surface area contributed by atoms with Crippen LogP contribution >= 0.6 is 0 Å². The van der Waals surface area contributed by atoms with Crippen molar-refractivity contribution < 1.29 is 9.90 Å². The maximum Gasteiger partial charge on any atom is 0.306 e. The van der Waals surface area contributed by atoms with Gasteiger partial charge in [-0.05, 0) is 38.3 Å². The number of carboxylic acids is 1. The molecule has 3 nitrogen and oxygen atoms in total. The van der Waals surface area contributed by atoms with E-state index in [0.29, 0.717) is 5.92 Å². The Bertz CT molecular complexity index is 231. The van der Waals surface area contributed by atoms with Crippen molar-refractivity contribution in [2.45, 2.75) is 64.7 Å². The maximum atomic E-state index is 11.0. The van der Waals surface area contributed by atoms with Gasteiger partial charge in [-0.1, -0.05) is 45.4 Å². The van der Waals surface area contributed by atoms with Crippen LogP contribution < -0.4 is 5.32 Å². The number of unbranched alkanes of at least 4 members (excludes halogenated alkanes) is 5. The highest BCUT2D eigenvalue weighted by molar-refractivity contribution is 5.70. The van der Waals surface area contributed by atoms with Crippen LogP contribution in [0.25, 0.3) is 0 Å². The molecule has 0 bridgehead atoms. The van der Waals surface area contributed by atoms with E-state index in [1.807, 2.05) is 0 Å². The van der Waals surface area contributed by atoms with E-state index in [2.05, 4.69) is 12.2 Å². The van der Waals surface area contributed by atoms with Crippen molar-refractivity contribution >= 4 is 5.97 Å². The molecule has 1 rings (SSSR count). The predicted octanol–water partition coefficient (Wildman–Crippen LogP) is 3.44. The molecule has 0 aromatic heterocycles. The molecular formula is C15H29NO2. The van der Waals surface area contributed by atoms with Crippen LogP contribution in [-0.2, 0) is 4.79 Å². The highest BCUT2D eigenvalue weighted by Gasteiger charge is 2.32. The second-order valence-corrected chi connectivity index (χ2v) is 5.61.